The molecule has 4 amide bonds. The normalized spacial score (nSPS) is 23.2. The van der Waals surface area contributed by atoms with Crippen LogP contribution >= 0.6 is 0 Å². The Balaban J connectivity index is 1.76. The number of fused-ring (bicyclic) bond motifs is 1. The Labute approximate surface area is 285 Å². The molecule has 0 aromatic rings. The van der Waals surface area contributed by atoms with Gasteiger partial charge in [0.15, 0.2) is 0 Å². The van der Waals surface area contributed by atoms with Crippen LogP contribution in [0.5, 0.6) is 0 Å². The van der Waals surface area contributed by atoms with Crippen molar-refractivity contribution >= 4 is 35.6 Å². The number of rotatable bonds is 15. The van der Waals surface area contributed by atoms with Gasteiger partial charge < -0.3 is 30.3 Å². The highest BCUT2D eigenvalue weighted by Gasteiger charge is 2.69. The maximum absolute atomic E-state index is 14.3. The molecule has 3 aliphatic rings. The lowest BCUT2D eigenvalue weighted by Gasteiger charge is -2.37. The molecule has 3 fully saturated rings. The second kappa shape index (κ2) is 15.8. The van der Waals surface area contributed by atoms with E-state index in [1.54, 1.807) is 45.6 Å². The first-order valence-electron chi connectivity index (χ1n) is 17.6. The number of ketones is 1. The molecule has 0 aromatic heterocycles. The summed E-state index contributed by atoms with van der Waals surface area (Å²) in [4.78, 5) is 81.2. The molecule has 0 spiro atoms. The van der Waals surface area contributed by atoms with Crippen LogP contribution in [-0.4, -0.2) is 82.9 Å². The first-order valence-corrected chi connectivity index (χ1v) is 17.6. The van der Waals surface area contributed by atoms with Gasteiger partial charge >= 0.3 is 12.1 Å². The Morgan fingerprint density at radius 1 is 0.979 bits per heavy atom. The summed E-state index contributed by atoms with van der Waals surface area (Å²) in [6.07, 6.45) is 6.42. The average Bonchev–Trinajstić information content (AvgIpc) is 3.32. The lowest BCUT2D eigenvalue weighted by molar-refractivity contribution is -0.156. The molecule has 48 heavy (non-hydrogen) atoms. The van der Waals surface area contributed by atoms with Crippen molar-refractivity contribution in [2.45, 2.75) is 143 Å². The van der Waals surface area contributed by atoms with Gasteiger partial charge in [-0.2, -0.15) is 0 Å². The van der Waals surface area contributed by atoms with E-state index in [1.807, 2.05) is 6.92 Å². The minimum absolute atomic E-state index is 0.0776. The fourth-order valence-electron chi connectivity index (χ4n) is 7.04. The number of ether oxygens (including phenoxy) is 2. The van der Waals surface area contributed by atoms with Crippen molar-refractivity contribution in [2.24, 2.45) is 23.2 Å². The number of hydrogen-bond acceptors (Lipinski definition) is 8. The minimum Gasteiger partial charge on any atom is -0.460 e. The van der Waals surface area contributed by atoms with Crippen LogP contribution in [0.15, 0.2) is 12.7 Å². The average molecular weight is 675 g/mol. The maximum atomic E-state index is 14.3. The predicted octanol–water partition coefficient (Wildman–Crippen LogP) is 4.20. The second-order valence-corrected chi connectivity index (χ2v) is 15.8. The van der Waals surface area contributed by atoms with Crippen LogP contribution < -0.4 is 16.0 Å². The monoisotopic (exact) mass is 674 g/mol. The lowest BCUT2D eigenvalue weighted by Crippen LogP contribution is -2.59. The van der Waals surface area contributed by atoms with Crippen molar-refractivity contribution in [3.63, 3.8) is 0 Å². The number of allylic oxidation sites excluding steroid dienone is 1. The molecular formula is C36H58N4O8. The third kappa shape index (κ3) is 10.0. The molecule has 2 aliphatic carbocycles. The summed E-state index contributed by atoms with van der Waals surface area (Å²) in [5.41, 5.74) is -1.58. The summed E-state index contributed by atoms with van der Waals surface area (Å²) in [6, 6.07) is -2.88. The Kier molecular flexibility index (Phi) is 12.9. The van der Waals surface area contributed by atoms with E-state index >= 15 is 0 Å². The highest BCUT2D eigenvalue weighted by Crippen LogP contribution is 2.65. The van der Waals surface area contributed by atoms with Crippen LogP contribution in [0.1, 0.15) is 113 Å². The topological polar surface area (TPSA) is 160 Å². The van der Waals surface area contributed by atoms with E-state index in [-0.39, 0.29) is 48.5 Å². The fourth-order valence-corrected chi connectivity index (χ4v) is 7.04. The van der Waals surface area contributed by atoms with Crippen molar-refractivity contribution in [3.05, 3.63) is 12.7 Å². The van der Waals surface area contributed by atoms with Gasteiger partial charge in [0.1, 0.15) is 23.3 Å². The van der Waals surface area contributed by atoms with Gasteiger partial charge in [-0.1, -0.05) is 46.1 Å². The highest BCUT2D eigenvalue weighted by atomic mass is 16.6. The summed E-state index contributed by atoms with van der Waals surface area (Å²) < 4.78 is 10.9. The molecule has 12 nitrogen and oxygen atoms in total. The number of nitrogens with one attached hydrogen (secondary N) is 3. The standard InChI is InChI=1S/C36H58N4O8/c1-10-12-18-24(29(42)31(44)37-20-19-25(41)47-35(6,7)11-2)38-30(43)28-26-23(36(26,8)9)21-40(28)32(45)27(22-16-14-13-15-17-22)39-33(46)48-34(3,4)5/h10,22-24,26-28H,1,11-21H2,2-9H3,(H,37,44)(H,38,43)(H,39,46)/t23?,24?,26-,27-,28-/m0/s1. The quantitative estimate of drug-likeness (QED) is 0.132. The van der Waals surface area contributed by atoms with Crippen LogP contribution in [-0.2, 0) is 33.4 Å². The number of piperidine rings is 1. The number of nitrogens with zero attached hydrogens (tertiary/aromatic N) is 1. The largest absolute Gasteiger partial charge is 0.460 e. The Hall–Kier alpha value is -3.44. The van der Waals surface area contributed by atoms with E-state index in [1.165, 1.54) is 0 Å². The number of alkyl carbamates (subject to hydrolysis) is 1. The highest BCUT2D eigenvalue weighted by molar-refractivity contribution is 6.38. The third-order valence-electron chi connectivity index (χ3n) is 10.2. The van der Waals surface area contributed by atoms with E-state index in [0.29, 0.717) is 19.4 Å². The Bertz CT molecular complexity index is 1230. The van der Waals surface area contributed by atoms with Crippen LogP contribution in [0.4, 0.5) is 4.79 Å². The zero-order chi connectivity index (χ0) is 36.0. The maximum Gasteiger partial charge on any atom is 0.408 e. The molecule has 0 aromatic carbocycles. The number of esters is 1. The Morgan fingerprint density at radius 2 is 1.62 bits per heavy atom. The lowest BCUT2D eigenvalue weighted by atomic mass is 9.83. The number of amides is 4. The number of hydrogen-bond donors (Lipinski definition) is 3. The number of carbonyl (C=O) groups is 6. The van der Waals surface area contributed by atoms with Gasteiger partial charge in [0.25, 0.3) is 5.91 Å². The zero-order valence-electron chi connectivity index (χ0n) is 30.2. The third-order valence-corrected chi connectivity index (χ3v) is 10.2. The second-order valence-electron chi connectivity index (χ2n) is 15.8. The van der Waals surface area contributed by atoms with Crippen LogP contribution in [0.25, 0.3) is 0 Å². The summed E-state index contributed by atoms with van der Waals surface area (Å²) >= 11 is 0. The van der Waals surface area contributed by atoms with Crippen molar-refractivity contribution in [2.75, 3.05) is 13.1 Å². The van der Waals surface area contributed by atoms with E-state index in [4.69, 9.17) is 9.47 Å². The molecule has 1 heterocycles. The molecule has 1 saturated heterocycles. The fraction of sp³-hybridized carbons (Fsp3) is 0.778. The van der Waals surface area contributed by atoms with E-state index < -0.39 is 59.0 Å². The molecule has 2 unspecified atom stereocenters. The van der Waals surface area contributed by atoms with E-state index in [9.17, 15) is 28.8 Å². The van der Waals surface area contributed by atoms with Crippen LogP contribution in [0.3, 0.4) is 0 Å². The van der Waals surface area contributed by atoms with Crippen molar-refractivity contribution in [3.8, 4) is 0 Å². The number of Topliss-reactive ketones (excluding diaryl/α,β-unsaturated/α-hetero) is 1. The minimum atomic E-state index is -1.16. The molecule has 3 rings (SSSR count). The van der Waals surface area contributed by atoms with Crippen molar-refractivity contribution in [1.82, 2.24) is 20.9 Å². The van der Waals surface area contributed by atoms with Gasteiger partial charge in [-0.15, -0.1) is 6.58 Å². The first kappa shape index (κ1) is 39.0. The molecular weight excluding hydrogens is 616 g/mol. The zero-order valence-corrected chi connectivity index (χ0v) is 30.2. The first-order chi connectivity index (χ1) is 22.3. The van der Waals surface area contributed by atoms with Gasteiger partial charge in [0, 0.05) is 13.1 Å². The SMILES string of the molecule is C=CCCC(NC(=O)[C@@H]1[C@@H]2C(CN1C(=O)[C@@H](NC(=O)OC(C)(C)C)C1CCCCC1)C2(C)C)C(=O)C(=O)NCCC(=O)OC(C)(C)CC. The van der Waals surface area contributed by atoms with Crippen molar-refractivity contribution in [1.29, 1.82) is 0 Å². The summed E-state index contributed by atoms with van der Waals surface area (Å²) in [6.45, 7) is 18.8. The molecule has 3 N–H and O–H groups in total. The summed E-state index contributed by atoms with van der Waals surface area (Å²) in [5, 5.41) is 8.10. The number of likely N-dealkylation sites (tertiary alicyclic amines) is 1. The Morgan fingerprint density at radius 3 is 2.21 bits per heavy atom. The number of carbonyl (C=O) groups excluding carboxylic acids is 6. The molecule has 5 atom stereocenters. The molecule has 12 heteroatoms. The van der Waals surface area contributed by atoms with Gasteiger partial charge in [0.2, 0.25) is 17.6 Å². The smallest absolute Gasteiger partial charge is 0.408 e. The van der Waals surface area contributed by atoms with E-state index in [2.05, 4.69) is 36.4 Å². The molecule has 2 saturated carbocycles. The van der Waals surface area contributed by atoms with Gasteiger partial charge in [-0.05, 0) is 89.9 Å². The van der Waals surface area contributed by atoms with Gasteiger partial charge in [-0.25, -0.2) is 4.79 Å². The summed E-state index contributed by atoms with van der Waals surface area (Å²) in [5.74, 6) is -3.26. The molecule has 1 aliphatic heterocycles. The van der Waals surface area contributed by atoms with Gasteiger partial charge in [-0.3, -0.25) is 24.0 Å². The molecule has 0 bridgehead atoms. The van der Waals surface area contributed by atoms with Crippen LogP contribution in [0, 0.1) is 23.2 Å². The predicted molar refractivity (Wildman–Crippen MR) is 180 cm³/mol. The van der Waals surface area contributed by atoms with Gasteiger partial charge in [0.05, 0.1) is 12.5 Å². The summed E-state index contributed by atoms with van der Waals surface area (Å²) in [7, 11) is 0. The molecule has 270 valence electrons. The molecule has 0 radical (unpaired) electrons. The van der Waals surface area contributed by atoms with E-state index in [0.717, 1.165) is 32.1 Å². The van der Waals surface area contributed by atoms with Crippen LogP contribution in [0.2, 0.25) is 0 Å². The van der Waals surface area contributed by atoms with Crippen molar-refractivity contribution < 1.29 is 38.2 Å².